The van der Waals surface area contributed by atoms with Crippen LogP contribution in [0.15, 0.2) is 18.2 Å². The minimum absolute atomic E-state index is 0.0586. The van der Waals surface area contributed by atoms with Crippen molar-refractivity contribution in [3.63, 3.8) is 0 Å². The lowest BCUT2D eigenvalue weighted by Crippen LogP contribution is -2.07. The quantitative estimate of drug-likeness (QED) is 0.463. The van der Waals surface area contributed by atoms with Crippen LogP contribution in [0.25, 0.3) is 0 Å². The molecule has 0 bridgehead atoms. The standard InChI is InChI=1S/C10H8O6/c1-6(12)16-9-3-2-7(15-5-11)4-8(9)10(13)14/h2-5H,1H3,(H,13,14). The number of aromatic carboxylic acids is 1. The first kappa shape index (κ1) is 11.7. The highest BCUT2D eigenvalue weighted by atomic mass is 16.5. The van der Waals surface area contributed by atoms with Crippen molar-refractivity contribution >= 4 is 18.4 Å². The first-order valence-corrected chi connectivity index (χ1v) is 4.20. The fraction of sp³-hybridized carbons (Fsp3) is 0.100. The van der Waals surface area contributed by atoms with Gasteiger partial charge in [0.15, 0.2) is 0 Å². The highest BCUT2D eigenvalue weighted by Crippen LogP contribution is 2.24. The van der Waals surface area contributed by atoms with Gasteiger partial charge in [0.1, 0.15) is 17.1 Å². The van der Waals surface area contributed by atoms with Gasteiger partial charge in [-0.3, -0.25) is 9.59 Å². The SMILES string of the molecule is CC(=O)Oc1ccc(OC=O)cc1C(=O)O. The Bertz CT molecular complexity index is 437. The van der Waals surface area contributed by atoms with Crippen molar-refractivity contribution in [2.75, 3.05) is 0 Å². The predicted molar refractivity (Wildman–Crippen MR) is 51.4 cm³/mol. The molecule has 0 heterocycles. The molecule has 0 aliphatic heterocycles. The molecule has 0 aliphatic rings. The van der Waals surface area contributed by atoms with E-state index in [-0.39, 0.29) is 23.5 Å². The number of hydrogen-bond donors (Lipinski definition) is 1. The van der Waals surface area contributed by atoms with Crippen molar-refractivity contribution in [3.8, 4) is 11.5 Å². The Labute approximate surface area is 90.4 Å². The van der Waals surface area contributed by atoms with Crippen LogP contribution in [0.5, 0.6) is 11.5 Å². The van der Waals surface area contributed by atoms with Gasteiger partial charge in [0.25, 0.3) is 6.47 Å². The summed E-state index contributed by atoms with van der Waals surface area (Å²) in [5.74, 6) is -1.96. The summed E-state index contributed by atoms with van der Waals surface area (Å²) in [6.45, 7) is 1.33. The second kappa shape index (κ2) is 4.92. The molecule has 0 saturated heterocycles. The highest BCUT2D eigenvalue weighted by Gasteiger charge is 2.14. The Morgan fingerprint density at radius 2 is 2.06 bits per heavy atom. The lowest BCUT2D eigenvalue weighted by Gasteiger charge is -2.06. The maximum absolute atomic E-state index is 10.8. The van der Waals surface area contributed by atoms with Crippen LogP contribution in [-0.4, -0.2) is 23.5 Å². The van der Waals surface area contributed by atoms with Crippen molar-refractivity contribution in [1.82, 2.24) is 0 Å². The monoisotopic (exact) mass is 224 g/mol. The maximum Gasteiger partial charge on any atom is 0.339 e. The average Bonchev–Trinajstić information content (AvgIpc) is 2.19. The van der Waals surface area contributed by atoms with Gasteiger partial charge in [-0.25, -0.2) is 4.79 Å². The average molecular weight is 224 g/mol. The molecule has 0 amide bonds. The summed E-state index contributed by atoms with van der Waals surface area (Å²) in [6, 6.07) is 3.65. The van der Waals surface area contributed by atoms with E-state index >= 15 is 0 Å². The molecule has 0 spiro atoms. The Hall–Kier alpha value is -2.37. The predicted octanol–water partition coefficient (Wildman–Crippen LogP) is 0.845. The Morgan fingerprint density at radius 1 is 1.38 bits per heavy atom. The number of carbonyl (C=O) groups is 3. The second-order valence-electron chi connectivity index (χ2n) is 2.77. The van der Waals surface area contributed by atoms with Crippen LogP contribution < -0.4 is 9.47 Å². The summed E-state index contributed by atoms with van der Waals surface area (Å²) in [6.07, 6.45) is 0. The molecular formula is C10H8O6. The fourth-order valence-corrected chi connectivity index (χ4v) is 1.05. The first-order chi connectivity index (χ1) is 7.54. The largest absolute Gasteiger partial charge is 0.478 e. The van der Waals surface area contributed by atoms with Gasteiger partial charge < -0.3 is 14.6 Å². The molecule has 6 nitrogen and oxygen atoms in total. The topological polar surface area (TPSA) is 89.9 Å². The van der Waals surface area contributed by atoms with Crippen LogP contribution in [0.1, 0.15) is 17.3 Å². The molecule has 16 heavy (non-hydrogen) atoms. The lowest BCUT2D eigenvalue weighted by atomic mass is 10.2. The first-order valence-electron chi connectivity index (χ1n) is 4.20. The highest BCUT2D eigenvalue weighted by molar-refractivity contribution is 5.92. The molecule has 1 aromatic carbocycles. The van der Waals surface area contributed by atoms with E-state index < -0.39 is 11.9 Å². The number of esters is 1. The molecule has 0 unspecified atom stereocenters. The third kappa shape index (κ3) is 2.81. The van der Waals surface area contributed by atoms with E-state index in [9.17, 15) is 14.4 Å². The molecule has 0 radical (unpaired) electrons. The minimum Gasteiger partial charge on any atom is -0.478 e. The maximum atomic E-state index is 10.8. The normalized spacial score (nSPS) is 9.31. The smallest absolute Gasteiger partial charge is 0.339 e. The van der Waals surface area contributed by atoms with Gasteiger partial charge in [0.05, 0.1) is 0 Å². The van der Waals surface area contributed by atoms with Gasteiger partial charge in [-0.05, 0) is 18.2 Å². The number of carboxylic acids is 1. The molecule has 0 fully saturated rings. The molecule has 6 heteroatoms. The molecule has 0 atom stereocenters. The van der Waals surface area contributed by atoms with Gasteiger partial charge in [-0.2, -0.15) is 0 Å². The molecular weight excluding hydrogens is 216 g/mol. The van der Waals surface area contributed by atoms with Crippen LogP contribution in [0.2, 0.25) is 0 Å². The Kier molecular flexibility index (Phi) is 3.60. The van der Waals surface area contributed by atoms with Crippen LogP contribution in [0.3, 0.4) is 0 Å². The van der Waals surface area contributed by atoms with E-state index in [0.717, 1.165) is 13.0 Å². The lowest BCUT2D eigenvalue weighted by molar-refractivity contribution is -0.132. The van der Waals surface area contributed by atoms with E-state index in [1.54, 1.807) is 0 Å². The van der Waals surface area contributed by atoms with Gasteiger partial charge in [0.2, 0.25) is 0 Å². The summed E-state index contributed by atoms with van der Waals surface area (Å²) >= 11 is 0. The number of rotatable bonds is 4. The Morgan fingerprint density at radius 3 is 2.56 bits per heavy atom. The number of hydrogen-bond acceptors (Lipinski definition) is 5. The zero-order valence-corrected chi connectivity index (χ0v) is 8.30. The summed E-state index contributed by atoms with van der Waals surface area (Å²) in [5.41, 5.74) is -0.255. The van der Waals surface area contributed by atoms with Crippen LogP contribution >= 0.6 is 0 Å². The zero-order chi connectivity index (χ0) is 12.1. The molecule has 1 aromatic rings. The van der Waals surface area contributed by atoms with Crippen molar-refractivity contribution < 1.29 is 29.0 Å². The molecule has 84 valence electrons. The van der Waals surface area contributed by atoms with Gasteiger partial charge in [0, 0.05) is 6.92 Å². The van der Waals surface area contributed by atoms with E-state index in [2.05, 4.69) is 9.47 Å². The van der Waals surface area contributed by atoms with Crippen LogP contribution in [0.4, 0.5) is 0 Å². The van der Waals surface area contributed by atoms with Gasteiger partial charge in [-0.15, -0.1) is 0 Å². The van der Waals surface area contributed by atoms with Crippen molar-refractivity contribution in [2.45, 2.75) is 6.92 Å². The van der Waals surface area contributed by atoms with Gasteiger partial charge >= 0.3 is 11.9 Å². The number of benzene rings is 1. The zero-order valence-electron chi connectivity index (χ0n) is 8.30. The second-order valence-corrected chi connectivity index (χ2v) is 2.77. The van der Waals surface area contributed by atoms with E-state index in [0.29, 0.717) is 0 Å². The third-order valence-electron chi connectivity index (χ3n) is 1.62. The minimum atomic E-state index is -1.28. The third-order valence-corrected chi connectivity index (χ3v) is 1.62. The number of carbonyl (C=O) groups excluding carboxylic acids is 2. The Balaban J connectivity index is 3.13. The molecule has 1 N–H and O–H groups in total. The molecule has 1 rings (SSSR count). The summed E-state index contributed by atoms with van der Waals surface area (Å²) in [7, 11) is 0. The summed E-state index contributed by atoms with van der Waals surface area (Å²) in [5, 5.41) is 8.84. The number of ether oxygens (including phenoxy) is 2. The van der Waals surface area contributed by atoms with Crippen LogP contribution in [-0.2, 0) is 9.59 Å². The van der Waals surface area contributed by atoms with E-state index in [1.807, 2.05) is 0 Å². The fourth-order valence-electron chi connectivity index (χ4n) is 1.05. The summed E-state index contributed by atoms with van der Waals surface area (Å²) < 4.78 is 9.15. The van der Waals surface area contributed by atoms with Crippen molar-refractivity contribution in [3.05, 3.63) is 23.8 Å². The van der Waals surface area contributed by atoms with E-state index in [4.69, 9.17) is 5.11 Å². The van der Waals surface area contributed by atoms with Crippen molar-refractivity contribution in [2.24, 2.45) is 0 Å². The number of carboxylic acid groups (broad SMARTS) is 1. The summed E-state index contributed by atoms with van der Waals surface area (Å²) in [4.78, 5) is 31.6. The van der Waals surface area contributed by atoms with Gasteiger partial charge in [-0.1, -0.05) is 0 Å². The van der Waals surface area contributed by atoms with Crippen LogP contribution in [0, 0.1) is 0 Å². The molecule has 0 aromatic heterocycles. The molecule has 0 aliphatic carbocycles. The van der Waals surface area contributed by atoms with E-state index in [1.165, 1.54) is 12.1 Å². The van der Waals surface area contributed by atoms with Crippen molar-refractivity contribution in [1.29, 1.82) is 0 Å². The molecule has 0 saturated carbocycles.